The van der Waals surface area contributed by atoms with E-state index in [2.05, 4.69) is 0 Å². The number of hydrogen-bond acceptors (Lipinski definition) is 4. The van der Waals surface area contributed by atoms with E-state index in [1.807, 2.05) is 13.8 Å². The number of nitrogens with zero attached hydrogens (tertiary/aromatic N) is 1. The number of aliphatic hydroxyl groups excluding tert-OH is 2. The molecule has 1 fully saturated rings. The molecule has 2 rings (SSSR count). The molecule has 0 spiro atoms. The quantitative estimate of drug-likeness (QED) is 0.770. The largest absolute Gasteiger partial charge is 0.481 e. The molecular formula is C18H25NO5. The first-order valence-corrected chi connectivity index (χ1v) is 8.15. The lowest BCUT2D eigenvalue weighted by Gasteiger charge is -2.30. The van der Waals surface area contributed by atoms with Crippen LogP contribution >= 0.6 is 0 Å². The molecule has 0 aromatic heterocycles. The zero-order valence-corrected chi connectivity index (χ0v) is 14.1. The van der Waals surface area contributed by atoms with Crippen molar-refractivity contribution in [3.8, 4) is 0 Å². The lowest BCUT2D eigenvalue weighted by Crippen LogP contribution is -2.41. The van der Waals surface area contributed by atoms with Gasteiger partial charge in [0.1, 0.15) is 0 Å². The fourth-order valence-corrected chi connectivity index (χ4v) is 3.21. The van der Waals surface area contributed by atoms with Gasteiger partial charge in [0.25, 0.3) is 5.91 Å². The number of carbonyl (C=O) groups excluding carboxylic acids is 1. The Morgan fingerprint density at radius 1 is 1.21 bits per heavy atom. The number of carbonyl (C=O) groups is 2. The number of carboxylic acid groups (broad SMARTS) is 1. The van der Waals surface area contributed by atoms with Crippen LogP contribution in [0.3, 0.4) is 0 Å². The van der Waals surface area contributed by atoms with Crippen LogP contribution in [0, 0.1) is 5.41 Å². The number of aryl methyl sites for hydroxylation is 1. The van der Waals surface area contributed by atoms with Gasteiger partial charge in [0.05, 0.1) is 12.2 Å². The van der Waals surface area contributed by atoms with E-state index in [0.29, 0.717) is 24.1 Å². The number of benzene rings is 1. The molecule has 6 nitrogen and oxygen atoms in total. The van der Waals surface area contributed by atoms with Gasteiger partial charge in [-0.05, 0) is 29.9 Å². The van der Waals surface area contributed by atoms with Crippen molar-refractivity contribution in [1.29, 1.82) is 0 Å². The summed E-state index contributed by atoms with van der Waals surface area (Å²) in [6.07, 6.45) is -1.20. The lowest BCUT2D eigenvalue weighted by molar-refractivity contribution is -0.136. The Labute approximate surface area is 141 Å². The second-order valence-electron chi connectivity index (χ2n) is 7.24. The first-order valence-electron chi connectivity index (χ1n) is 8.15. The van der Waals surface area contributed by atoms with Crippen molar-refractivity contribution in [3.63, 3.8) is 0 Å². The molecule has 0 saturated carbocycles. The van der Waals surface area contributed by atoms with E-state index in [9.17, 15) is 19.8 Å². The molecule has 0 radical (unpaired) electrons. The molecule has 0 aliphatic carbocycles. The topological polar surface area (TPSA) is 98.1 Å². The zero-order valence-electron chi connectivity index (χ0n) is 14.1. The number of aliphatic carboxylic acids is 1. The summed E-state index contributed by atoms with van der Waals surface area (Å²) in [6, 6.07) is 6.95. The van der Waals surface area contributed by atoms with Gasteiger partial charge in [0, 0.05) is 25.1 Å². The summed E-state index contributed by atoms with van der Waals surface area (Å²) in [6.45, 7) is 4.39. The smallest absolute Gasteiger partial charge is 0.303 e. The summed E-state index contributed by atoms with van der Waals surface area (Å²) in [4.78, 5) is 25.3. The number of likely N-dealkylation sites (tertiary alicyclic amines) is 1. The lowest BCUT2D eigenvalue weighted by atomic mass is 9.86. The third kappa shape index (κ3) is 4.55. The molecule has 132 valence electrons. The van der Waals surface area contributed by atoms with Crippen molar-refractivity contribution in [2.45, 2.75) is 45.3 Å². The third-order valence-electron chi connectivity index (χ3n) is 4.38. The third-order valence-corrected chi connectivity index (χ3v) is 4.38. The molecule has 1 saturated heterocycles. The SMILES string of the molecule is CC1(C)C[C@@H](O)[C@@H](O)CN(C(=O)c2ccccc2CCC(=O)O)C1. The normalized spacial score (nSPS) is 23.6. The highest BCUT2D eigenvalue weighted by Gasteiger charge is 2.36. The Bertz CT molecular complexity index is 613. The fraction of sp³-hybridized carbons (Fsp3) is 0.556. The molecule has 3 N–H and O–H groups in total. The van der Waals surface area contributed by atoms with Gasteiger partial charge in [-0.15, -0.1) is 0 Å². The highest BCUT2D eigenvalue weighted by atomic mass is 16.4. The van der Waals surface area contributed by atoms with Gasteiger partial charge < -0.3 is 20.2 Å². The minimum atomic E-state index is -0.984. The van der Waals surface area contributed by atoms with Gasteiger partial charge in [-0.1, -0.05) is 32.0 Å². The Hall–Kier alpha value is -1.92. The number of hydrogen-bond donors (Lipinski definition) is 3. The summed E-state index contributed by atoms with van der Waals surface area (Å²) in [7, 11) is 0. The van der Waals surface area contributed by atoms with Crippen molar-refractivity contribution >= 4 is 11.9 Å². The second-order valence-corrected chi connectivity index (χ2v) is 7.24. The number of rotatable bonds is 4. The molecule has 1 aliphatic heterocycles. The first kappa shape index (κ1) is 18.4. The maximum atomic E-state index is 12.9. The van der Waals surface area contributed by atoms with Gasteiger partial charge >= 0.3 is 5.97 Å². The zero-order chi connectivity index (χ0) is 17.9. The molecule has 1 aromatic carbocycles. The standard InChI is InChI=1S/C18H25NO5/c1-18(2)9-14(20)15(21)10-19(11-18)17(24)13-6-4-3-5-12(13)7-8-16(22)23/h3-6,14-15,20-21H,7-11H2,1-2H3,(H,22,23)/t14-,15+/m1/s1. The van der Waals surface area contributed by atoms with Crippen LogP contribution in [0.5, 0.6) is 0 Å². The van der Waals surface area contributed by atoms with Gasteiger partial charge in [0.15, 0.2) is 0 Å². The average Bonchev–Trinajstić information content (AvgIpc) is 2.60. The van der Waals surface area contributed by atoms with Crippen LogP contribution in [-0.2, 0) is 11.2 Å². The van der Waals surface area contributed by atoms with Gasteiger partial charge in [0.2, 0.25) is 0 Å². The Balaban J connectivity index is 2.25. The van der Waals surface area contributed by atoms with E-state index in [1.165, 1.54) is 0 Å². The minimum Gasteiger partial charge on any atom is -0.481 e. The second kappa shape index (κ2) is 7.32. The summed E-state index contributed by atoms with van der Waals surface area (Å²) < 4.78 is 0. The van der Waals surface area contributed by atoms with Gasteiger partial charge in [-0.25, -0.2) is 0 Å². The Kier molecular flexibility index (Phi) is 5.62. The monoisotopic (exact) mass is 335 g/mol. The van der Waals surface area contributed by atoms with Crippen LogP contribution in [0.25, 0.3) is 0 Å². The molecule has 1 aliphatic rings. The van der Waals surface area contributed by atoms with Gasteiger partial charge in [-0.3, -0.25) is 9.59 Å². The van der Waals surface area contributed by atoms with Crippen LogP contribution in [0.2, 0.25) is 0 Å². The first-order chi connectivity index (χ1) is 11.2. The molecule has 2 atom stereocenters. The molecule has 1 amide bonds. The van der Waals surface area contributed by atoms with E-state index >= 15 is 0 Å². The van der Waals surface area contributed by atoms with E-state index in [-0.39, 0.29) is 30.7 Å². The highest BCUT2D eigenvalue weighted by Crippen LogP contribution is 2.29. The van der Waals surface area contributed by atoms with Crippen LogP contribution in [0.1, 0.15) is 42.6 Å². The van der Waals surface area contributed by atoms with E-state index in [1.54, 1.807) is 29.2 Å². The van der Waals surface area contributed by atoms with Crippen LogP contribution < -0.4 is 0 Å². The molecule has 0 unspecified atom stereocenters. The van der Waals surface area contributed by atoms with Crippen molar-refractivity contribution in [2.75, 3.05) is 13.1 Å². The molecule has 1 aromatic rings. The summed E-state index contributed by atoms with van der Waals surface area (Å²) in [5.74, 6) is -1.15. The van der Waals surface area contributed by atoms with Gasteiger partial charge in [-0.2, -0.15) is 0 Å². The van der Waals surface area contributed by atoms with Crippen molar-refractivity contribution in [1.82, 2.24) is 4.90 Å². The number of β-amino-alcohol motifs (C(OH)–C–C–N with tert-alkyl or cyclic N) is 1. The number of aliphatic hydroxyl groups is 2. The van der Waals surface area contributed by atoms with Crippen molar-refractivity contribution in [2.24, 2.45) is 5.41 Å². The van der Waals surface area contributed by atoms with Crippen molar-refractivity contribution < 1.29 is 24.9 Å². The molecule has 6 heteroatoms. The predicted molar refractivity (Wildman–Crippen MR) is 88.7 cm³/mol. The number of amides is 1. The predicted octanol–water partition coefficient (Wildman–Crippen LogP) is 1.30. The van der Waals surface area contributed by atoms with Crippen LogP contribution in [-0.4, -0.2) is 57.4 Å². The maximum absolute atomic E-state index is 12.9. The van der Waals surface area contributed by atoms with E-state index < -0.39 is 18.2 Å². The van der Waals surface area contributed by atoms with E-state index in [0.717, 1.165) is 0 Å². The van der Waals surface area contributed by atoms with Crippen molar-refractivity contribution in [3.05, 3.63) is 35.4 Å². The highest BCUT2D eigenvalue weighted by molar-refractivity contribution is 5.96. The average molecular weight is 335 g/mol. The Morgan fingerprint density at radius 3 is 2.54 bits per heavy atom. The van der Waals surface area contributed by atoms with E-state index in [4.69, 9.17) is 5.11 Å². The fourth-order valence-electron chi connectivity index (χ4n) is 3.21. The number of carboxylic acids is 1. The summed E-state index contributed by atoms with van der Waals surface area (Å²) in [5.41, 5.74) is 0.822. The van der Waals surface area contributed by atoms with Crippen LogP contribution in [0.4, 0.5) is 0 Å². The molecule has 1 heterocycles. The Morgan fingerprint density at radius 2 is 1.88 bits per heavy atom. The summed E-state index contributed by atoms with van der Waals surface area (Å²) in [5, 5.41) is 29.0. The van der Waals surface area contributed by atoms with Crippen LogP contribution in [0.15, 0.2) is 24.3 Å². The maximum Gasteiger partial charge on any atom is 0.303 e. The summed E-state index contributed by atoms with van der Waals surface area (Å²) >= 11 is 0. The molecule has 24 heavy (non-hydrogen) atoms. The minimum absolute atomic E-state index is 0.0445. The molecular weight excluding hydrogens is 310 g/mol. The molecule has 0 bridgehead atoms.